The van der Waals surface area contributed by atoms with Crippen LogP contribution in [-0.2, 0) is 0 Å². The summed E-state index contributed by atoms with van der Waals surface area (Å²) in [5.74, 6) is 0.691. The Morgan fingerprint density at radius 1 is 1.31 bits per heavy atom. The van der Waals surface area contributed by atoms with E-state index < -0.39 is 0 Å². The van der Waals surface area contributed by atoms with Crippen LogP contribution in [0.2, 0.25) is 0 Å². The van der Waals surface area contributed by atoms with Crippen LogP contribution in [0.4, 0.5) is 11.4 Å². The Morgan fingerprint density at radius 3 is 2.62 bits per heavy atom. The number of likely N-dealkylation sites (tertiary alicyclic amines) is 1. The van der Waals surface area contributed by atoms with Gasteiger partial charge in [0.15, 0.2) is 0 Å². The van der Waals surface area contributed by atoms with Crippen LogP contribution in [0.15, 0.2) is 24.3 Å². The molecule has 2 atom stereocenters. The molecule has 0 aromatic heterocycles. The van der Waals surface area contributed by atoms with Crippen molar-refractivity contribution in [1.29, 1.82) is 0 Å². The summed E-state index contributed by atoms with van der Waals surface area (Å²) in [6.45, 7) is 4.66. The maximum Gasteiger partial charge on any atom is 0.0343 e. The molecule has 2 unspecified atom stereocenters. The molecule has 0 amide bonds. The van der Waals surface area contributed by atoms with Gasteiger partial charge < -0.3 is 16.0 Å². The SMILES string of the molecule is CC1CN(C)CCC1Nc1ccc(N)cc1. The number of nitrogens with one attached hydrogen (secondary N) is 1. The monoisotopic (exact) mass is 219 g/mol. The van der Waals surface area contributed by atoms with E-state index in [-0.39, 0.29) is 0 Å². The van der Waals surface area contributed by atoms with E-state index >= 15 is 0 Å². The molecule has 0 spiro atoms. The van der Waals surface area contributed by atoms with E-state index in [2.05, 4.69) is 36.3 Å². The minimum atomic E-state index is 0.583. The molecule has 16 heavy (non-hydrogen) atoms. The molecule has 0 saturated carbocycles. The number of benzene rings is 1. The quantitative estimate of drug-likeness (QED) is 0.748. The van der Waals surface area contributed by atoms with Crippen LogP contribution in [-0.4, -0.2) is 31.1 Å². The number of piperidine rings is 1. The number of anilines is 2. The first kappa shape index (κ1) is 11.3. The van der Waals surface area contributed by atoms with Crippen molar-refractivity contribution in [3.63, 3.8) is 0 Å². The van der Waals surface area contributed by atoms with Crippen molar-refractivity contribution in [3.05, 3.63) is 24.3 Å². The van der Waals surface area contributed by atoms with E-state index in [0.29, 0.717) is 12.0 Å². The molecule has 1 aliphatic heterocycles. The minimum absolute atomic E-state index is 0.583. The van der Waals surface area contributed by atoms with E-state index in [1.54, 1.807) is 0 Å². The van der Waals surface area contributed by atoms with Crippen molar-refractivity contribution < 1.29 is 0 Å². The molecule has 2 rings (SSSR count). The highest BCUT2D eigenvalue weighted by atomic mass is 15.1. The second-order valence-electron chi connectivity index (χ2n) is 4.90. The minimum Gasteiger partial charge on any atom is -0.399 e. The molecule has 0 radical (unpaired) electrons. The maximum atomic E-state index is 5.67. The number of hydrogen-bond donors (Lipinski definition) is 2. The zero-order valence-corrected chi connectivity index (χ0v) is 10.1. The fraction of sp³-hybridized carbons (Fsp3) is 0.538. The van der Waals surface area contributed by atoms with Crippen LogP contribution in [0.5, 0.6) is 0 Å². The molecule has 3 nitrogen and oxygen atoms in total. The summed E-state index contributed by atoms with van der Waals surface area (Å²) < 4.78 is 0. The van der Waals surface area contributed by atoms with Crippen LogP contribution >= 0.6 is 0 Å². The van der Waals surface area contributed by atoms with Crippen LogP contribution in [0.25, 0.3) is 0 Å². The van der Waals surface area contributed by atoms with Gasteiger partial charge in [-0.15, -0.1) is 0 Å². The van der Waals surface area contributed by atoms with Crippen LogP contribution in [0, 0.1) is 5.92 Å². The zero-order chi connectivity index (χ0) is 11.5. The second kappa shape index (κ2) is 4.74. The molecule has 1 saturated heterocycles. The summed E-state index contributed by atoms with van der Waals surface area (Å²) in [4.78, 5) is 2.39. The molecule has 1 heterocycles. The van der Waals surface area contributed by atoms with Crippen molar-refractivity contribution >= 4 is 11.4 Å². The average molecular weight is 219 g/mol. The molecule has 0 bridgehead atoms. The van der Waals surface area contributed by atoms with Gasteiger partial charge in [0.25, 0.3) is 0 Å². The predicted octanol–water partition coefficient (Wildman–Crippen LogP) is 2.02. The Kier molecular flexibility index (Phi) is 3.34. The molecule has 88 valence electrons. The Hall–Kier alpha value is -1.22. The maximum absolute atomic E-state index is 5.67. The van der Waals surface area contributed by atoms with Crippen molar-refractivity contribution in [2.75, 3.05) is 31.2 Å². The third kappa shape index (κ3) is 2.67. The van der Waals surface area contributed by atoms with Crippen LogP contribution in [0.3, 0.4) is 0 Å². The standard InChI is InChI=1S/C13H21N3/c1-10-9-16(2)8-7-13(10)15-12-5-3-11(14)4-6-12/h3-6,10,13,15H,7-9,14H2,1-2H3. The normalized spacial score (nSPS) is 26.6. The number of rotatable bonds is 2. The summed E-state index contributed by atoms with van der Waals surface area (Å²) in [5.41, 5.74) is 7.67. The second-order valence-corrected chi connectivity index (χ2v) is 4.90. The molecule has 1 aromatic carbocycles. The lowest BCUT2D eigenvalue weighted by Crippen LogP contribution is -2.43. The first-order chi connectivity index (χ1) is 7.65. The fourth-order valence-electron chi connectivity index (χ4n) is 2.36. The Labute approximate surface area is 97.6 Å². The Balaban J connectivity index is 1.96. The zero-order valence-electron chi connectivity index (χ0n) is 10.1. The highest BCUT2D eigenvalue weighted by molar-refractivity contribution is 5.51. The van der Waals surface area contributed by atoms with Gasteiger partial charge in [-0.2, -0.15) is 0 Å². The van der Waals surface area contributed by atoms with Gasteiger partial charge >= 0.3 is 0 Å². The van der Waals surface area contributed by atoms with E-state index in [1.807, 2.05) is 12.1 Å². The summed E-state index contributed by atoms with van der Waals surface area (Å²) in [6.07, 6.45) is 1.21. The van der Waals surface area contributed by atoms with Gasteiger partial charge in [-0.25, -0.2) is 0 Å². The number of hydrogen-bond acceptors (Lipinski definition) is 3. The van der Waals surface area contributed by atoms with Gasteiger partial charge in [0.1, 0.15) is 0 Å². The molecule has 1 fully saturated rings. The molecule has 1 aliphatic rings. The molecule has 3 heteroatoms. The van der Waals surface area contributed by atoms with Gasteiger partial charge in [0, 0.05) is 24.0 Å². The topological polar surface area (TPSA) is 41.3 Å². The molecular weight excluding hydrogens is 198 g/mol. The van der Waals surface area contributed by atoms with Crippen molar-refractivity contribution in [3.8, 4) is 0 Å². The van der Waals surface area contributed by atoms with Crippen LogP contribution < -0.4 is 11.1 Å². The first-order valence-corrected chi connectivity index (χ1v) is 5.96. The number of nitrogens with two attached hydrogens (primary N) is 1. The smallest absolute Gasteiger partial charge is 0.0343 e. The fourth-order valence-corrected chi connectivity index (χ4v) is 2.36. The van der Waals surface area contributed by atoms with Gasteiger partial charge in [0.2, 0.25) is 0 Å². The van der Waals surface area contributed by atoms with E-state index in [0.717, 1.165) is 5.69 Å². The molecule has 0 aliphatic carbocycles. The summed E-state index contributed by atoms with van der Waals surface area (Å²) in [7, 11) is 2.19. The Bertz CT molecular complexity index is 334. The highest BCUT2D eigenvalue weighted by Gasteiger charge is 2.23. The van der Waals surface area contributed by atoms with Gasteiger partial charge in [-0.05, 0) is 50.2 Å². The lowest BCUT2D eigenvalue weighted by Gasteiger charge is -2.35. The van der Waals surface area contributed by atoms with Crippen LogP contribution in [0.1, 0.15) is 13.3 Å². The van der Waals surface area contributed by atoms with Crippen molar-refractivity contribution in [2.45, 2.75) is 19.4 Å². The predicted molar refractivity (Wildman–Crippen MR) is 69.5 cm³/mol. The van der Waals surface area contributed by atoms with Gasteiger partial charge in [-0.1, -0.05) is 6.92 Å². The van der Waals surface area contributed by atoms with E-state index in [9.17, 15) is 0 Å². The summed E-state index contributed by atoms with van der Waals surface area (Å²) in [6, 6.07) is 8.59. The Morgan fingerprint density at radius 2 is 2.00 bits per heavy atom. The largest absolute Gasteiger partial charge is 0.399 e. The third-order valence-corrected chi connectivity index (χ3v) is 3.37. The molecule has 3 N–H and O–H groups in total. The highest BCUT2D eigenvalue weighted by Crippen LogP contribution is 2.20. The molecular formula is C13H21N3. The van der Waals surface area contributed by atoms with Crippen molar-refractivity contribution in [1.82, 2.24) is 4.90 Å². The summed E-state index contributed by atoms with van der Waals surface area (Å²) >= 11 is 0. The number of nitrogen functional groups attached to an aromatic ring is 1. The van der Waals surface area contributed by atoms with E-state index in [4.69, 9.17) is 5.73 Å². The first-order valence-electron chi connectivity index (χ1n) is 5.96. The molecule has 1 aromatic rings. The van der Waals surface area contributed by atoms with Gasteiger partial charge in [0.05, 0.1) is 0 Å². The summed E-state index contributed by atoms with van der Waals surface area (Å²) in [5, 5.41) is 3.60. The third-order valence-electron chi connectivity index (χ3n) is 3.37. The van der Waals surface area contributed by atoms with Crippen molar-refractivity contribution in [2.24, 2.45) is 5.92 Å². The lowest BCUT2D eigenvalue weighted by molar-refractivity contribution is 0.206. The van der Waals surface area contributed by atoms with E-state index in [1.165, 1.54) is 25.2 Å². The number of nitrogens with zero attached hydrogens (tertiary/aromatic N) is 1. The van der Waals surface area contributed by atoms with Gasteiger partial charge in [-0.3, -0.25) is 0 Å². The lowest BCUT2D eigenvalue weighted by atomic mass is 9.94. The average Bonchev–Trinajstić information content (AvgIpc) is 2.25.